The Kier molecular flexibility index (Phi) is 4.20. The van der Waals surface area contributed by atoms with Gasteiger partial charge in [0.05, 0.1) is 13.5 Å². The molecule has 1 heterocycles. The monoisotopic (exact) mass is 248 g/mol. The second-order valence-corrected chi connectivity index (χ2v) is 4.72. The van der Waals surface area contributed by atoms with Gasteiger partial charge in [-0.25, -0.2) is 0 Å². The number of nitrogens with zero attached hydrogens (tertiary/aromatic N) is 1. The highest BCUT2D eigenvalue weighted by molar-refractivity contribution is 5.79. The van der Waals surface area contributed by atoms with Gasteiger partial charge in [0, 0.05) is 25.7 Å². The van der Waals surface area contributed by atoms with Crippen molar-refractivity contribution in [3.63, 3.8) is 0 Å². The molecule has 2 rings (SSSR count). The predicted molar refractivity (Wildman–Crippen MR) is 70.7 cm³/mol. The summed E-state index contributed by atoms with van der Waals surface area (Å²) in [6, 6.07) is 8.06. The molecule has 1 saturated heterocycles. The third kappa shape index (κ3) is 3.23. The van der Waals surface area contributed by atoms with Gasteiger partial charge in [-0.2, -0.15) is 0 Å². The van der Waals surface area contributed by atoms with Crippen LogP contribution in [0.1, 0.15) is 12.5 Å². The molecule has 1 aromatic rings. The minimum Gasteiger partial charge on any atom is -0.497 e. The van der Waals surface area contributed by atoms with Crippen molar-refractivity contribution in [2.45, 2.75) is 19.4 Å². The summed E-state index contributed by atoms with van der Waals surface area (Å²) in [6.45, 7) is 4.59. The zero-order valence-electron chi connectivity index (χ0n) is 11.0. The van der Waals surface area contributed by atoms with Crippen LogP contribution >= 0.6 is 0 Å². The molecule has 1 aromatic carbocycles. The van der Waals surface area contributed by atoms with Crippen LogP contribution < -0.4 is 10.1 Å². The lowest BCUT2D eigenvalue weighted by atomic mass is 10.1. The Bertz CT molecular complexity index is 403. The van der Waals surface area contributed by atoms with E-state index in [1.54, 1.807) is 7.11 Å². The fourth-order valence-corrected chi connectivity index (χ4v) is 2.19. The van der Waals surface area contributed by atoms with E-state index in [4.69, 9.17) is 4.74 Å². The van der Waals surface area contributed by atoms with Crippen LogP contribution in [-0.2, 0) is 11.2 Å². The molecule has 1 aliphatic rings. The van der Waals surface area contributed by atoms with E-state index in [1.807, 2.05) is 29.2 Å². The lowest BCUT2D eigenvalue weighted by Crippen LogP contribution is -2.51. The first-order valence-corrected chi connectivity index (χ1v) is 6.33. The van der Waals surface area contributed by atoms with Crippen molar-refractivity contribution in [2.24, 2.45) is 0 Å². The third-order valence-electron chi connectivity index (χ3n) is 3.24. The van der Waals surface area contributed by atoms with E-state index >= 15 is 0 Å². The van der Waals surface area contributed by atoms with Gasteiger partial charge in [-0.3, -0.25) is 4.79 Å². The molecule has 4 heteroatoms. The molecule has 0 saturated carbocycles. The van der Waals surface area contributed by atoms with Crippen molar-refractivity contribution in [2.75, 3.05) is 26.7 Å². The summed E-state index contributed by atoms with van der Waals surface area (Å²) in [6.07, 6.45) is 0.469. The summed E-state index contributed by atoms with van der Waals surface area (Å²) in [4.78, 5) is 14.1. The number of carbonyl (C=O) groups is 1. The maximum atomic E-state index is 12.1. The molecule has 0 aliphatic carbocycles. The van der Waals surface area contributed by atoms with Crippen LogP contribution in [0.25, 0.3) is 0 Å². The SMILES string of the molecule is COc1ccc(CC(=O)N2CCN[C@H](C)C2)cc1. The van der Waals surface area contributed by atoms with Crippen LogP contribution in [0.5, 0.6) is 5.75 Å². The Morgan fingerprint density at radius 2 is 2.17 bits per heavy atom. The van der Waals surface area contributed by atoms with Crippen molar-refractivity contribution in [3.05, 3.63) is 29.8 Å². The van der Waals surface area contributed by atoms with Gasteiger partial charge < -0.3 is 15.0 Å². The van der Waals surface area contributed by atoms with Crippen molar-refractivity contribution in [1.29, 1.82) is 0 Å². The van der Waals surface area contributed by atoms with Crippen LogP contribution in [0.3, 0.4) is 0 Å². The highest BCUT2D eigenvalue weighted by Gasteiger charge is 2.20. The summed E-state index contributed by atoms with van der Waals surface area (Å²) < 4.78 is 5.10. The first kappa shape index (κ1) is 12.9. The zero-order valence-corrected chi connectivity index (χ0v) is 11.0. The van der Waals surface area contributed by atoms with Gasteiger partial charge in [-0.05, 0) is 24.6 Å². The van der Waals surface area contributed by atoms with Crippen LogP contribution in [0.2, 0.25) is 0 Å². The van der Waals surface area contributed by atoms with Crippen LogP contribution in [-0.4, -0.2) is 43.6 Å². The van der Waals surface area contributed by atoms with Crippen molar-refractivity contribution < 1.29 is 9.53 Å². The van der Waals surface area contributed by atoms with Gasteiger partial charge in [-0.1, -0.05) is 12.1 Å². The number of benzene rings is 1. The quantitative estimate of drug-likeness (QED) is 0.869. The van der Waals surface area contributed by atoms with E-state index in [9.17, 15) is 4.79 Å². The van der Waals surface area contributed by atoms with Gasteiger partial charge in [0.2, 0.25) is 5.91 Å². The fourth-order valence-electron chi connectivity index (χ4n) is 2.19. The van der Waals surface area contributed by atoms with Gasteiger partial charge in [0.1, 0.15) is 5.75 Å². The molecule has 0 bridgehead atoms. The molecule has 98 valence electrons. The topological polar surface area (TPSA) is 41.6 Å². The van der Waals surface area contributed by atoms with Crippen LogP contribution in [0, 0.1) is 0 Å². The average molecular weight is 248 g/mol. The van der Waals surface area contributed by atoms with Crippen LogP contribution in [0.15, 0.2) is 24.3 Å². The zero-order chi connectivity index (χ0) is 13.0. The van der Waals surface area contributed by atoms with Gasteiger partial charge in [0.15, 0.2) is 0 Å². The largest absolute Gasteiger partial charge is 0.497 e. The fraction of sp³-hybridized carbons (Fsp3) is 0.500. The molecule has 0 unspecified atom stereocenters. The number of rotatable bonds is 3. The number of methoxy groups -OCH3 is 1. The van der Waals surface area contributed by atoms with Crippen LogP contribution in [0.4, 0.5) is 0 Å². The standard InChI is InChI=1S/C14H20N2O2/c1-11-10-16(8-7-15-11)14(17)9-12-3-5-13(18-2)6-4-12/h3-6,11,15H,7-10H2,1-2H3/t11-/m1/s1. The molecule has 0 radical (unpaired) electrons. The Labute approximate surface area is 108 Å². The minimum absolute atomic E-state index is 0.202. The molecular formula is C14H20N2O2. The number of hydrogen-bond acceptors (Lipinski definition) is 3. The Hall–Kier alpha value is -1.55. The molecular weight excluding hydrogens is 228 g/mol. The van der Waals surface area contributed by atoms with E-state index in [-0.39, 0.29) is 5.91 Å². The lowest BCUT2D eigenvalue weighted by molar-refractivity contribution is -0.131. The highest BCUT2D eigenvalue weighted by Crippen LogP contribution is 2.12. The number of ether oxygens (including phenoxy) is 1. The van der Waals surface area contributed by atoms with Gasteiger partial charge >= 0.3 is 0 Å². The van der Waals surface area contributed by atoms with E-state index in [1.165, 1.54) is 0 Å². The Morgan fingerprint density at radius 1 is 1.44 bits per heavy atom. The molecule has 1 aliphatic heterocycles. The van der Waals surface area contributed by atoms with E-state index < -0.39 is 0 Å². The van der Waals surface area contributed by atoms with E-state index in [0.717, 1.165) is 30.9 Å². The van der Waals surface area contributed by atoms with Crippen molar-refractivity contribution in [3.8, 4) is 5.75 Å². The Morgan fingerprint density at radius 3 is 2.78 bits per heavy atom. The lowest BCUT2D eigenvalue weighted by Gasteiger charge is -2.32. The highest BCUT2D eigenvalue weighted by atomic mass is 16.5. The first-order valence-electron chi connectivity index (χ1n) is 6.33. The molecule has 1 atom stereocenters. The minimum atomic E-state index is 0.202. The maximum absolute atomic E-state index is 12.1. The molecule has 0 aromatic heterocycles. The number of piperazine rings is 1. The Balaban J connectivity index is 1.93. The summed E-state index contributed by atoms with van der Waals surface area (Å²) in [5, 5.41) is 3.34. The normalized spacial score (nSPS) is 19.7. The number of hydrogen-bond donors (Lipinski definition) is 1. The van der Waals surface area contributed by atoms with Gasteiger partial charge in [0.25, 0.3) is 0 Å². The average Bonchev–Trinajstić information content (AvgIpc) is 2.39. The first-order chi connectivity index (χ1) is 8.69. The molecule has 18 heavy (non-hydrogen) atoms. The summed E-state index contributed by atoms with van der Waals surface area (Å²) in [5.41, 5.74) is 1.03. The molecule has 0 spiro atoms. The molecule has 1 N–H and O–H groups in total. The second-order valence-electron chi connectivity index (χ2n) is 4.72. The summed E-state index contributed by atoms with van der Waals surface area (Å²) in [7, 11) is 1.64. The van der Waals surface area contributed by atoms with E-state index in [2.05, 4.69) is 12.2 Å². The number of amides is 1. The number of nitrogens with one attached hydrogen (secondary N) is 1. The van der Waals surface area contributed by atoms with E-state index in [0.29, 0.717) is 12.5 Å². The predicted octanol–water partition coefficient (Wildman–Crippen LogP) is 1.06. The second kappa shape index (κ2) is 5.87. The van der Waals surface area contributed by atoms with Crippen molar-refractivity contribution in [1.82, 2.24) is 10.2 Å². The maximum Gasteiger partial charge on any atom is 0.227 e. The summed E-state index contributed by atoms with van der Waals surface area (Å²) in [5.74, 6) is 1.02. The molecule has 4 nitrogen and oxygen atoms in total. The third-order valence-corrected chi connectivity index (χ3v) is 3.24. The number of carbonyl (C=O) groups excluding carboxylic acids is 1. The van der Waals surface area contributed by atoms with Crippen molar-refractivity contribution >= 4 is 5.91 Å². The molecule has 1 amide bonds. The van der Waals surface area contributed by atoms with Gasteiger partial charge in [-0.15, -0.1) is 0 Å². The molecule has 1 fully saturated rings. The summed E-state index contributed by atoms with van der Waals surface area (Å²) >= 11 is 0. The smallest absolute Gasteiger partial charge is 0.227 e.